The number of anilines is 1. The Morgan fingerprint density at radius 3 is 2.76 bits per heavy atom. The van der Waals surface area contributed by atoms with Crippen molar-refractivity contribution in [2.75, 3.05) is 12.4 Å². The van der Waals surface area contributed by atoms with E-state index >= 15 is 0 Å². The van der Waals surface area contributed by atoms with Crippen LogP contribution in [-0.4, -0.2) is 26.8 Å². The molecule has 2 aromatic rings. The molecule has 5 heteroatoms. The van der Waals surface area contributed by atoms with Gasteiger partial charge in [-0.05, 0) is 19.4 Å². The minimum atomic E-state index is 0.730. The summed E-state index contributed by atoms with van der Waals surface area (Å²) in [6.07, 6.45) is 2.67. The zero-order valence-electron chi connectivity index (χ0n) is 10.4. The number of rotatable bonds is 4. The van der Waals surface area contributed by atoms with Gasteiger partial charge in [-0.3, -0.25) is 4.68 Å². The van der Waals surface area contributed by atoms with Crippen LogP contribution in [-0.2, 0) is 13.0 Å². The van der Waals surface area contributed by atoms with Gasteiger partial charge in [0.25, 0.3) is 0 Å². The van der Waals surface area contributed by atoms with E-state index in [1.807, 2.05) is 23.9 Å². The van der Waals surface area contributed by atoms with Crippen LogP contribution in [0.15, 0.2) is 18.3 Å². The fourth-order valence-corrected chi connectivity index (χ4v) is 1.70. The summed E-state index contributed by atoms with van der Waals surface area (Å²) in [6, 6.07) is 3.91. The van der Waals surface area contributed by atoms with Crippen molar-refractivity contribution in [1.82, 2.24) is 19.7 Å². The second kappa shape index (κ2) is 4.95. The molecule has 90 valence electrons. The Hall–Kier alpha value is -1.91. The minimum absolute atomic E-state index is 0.730. The van der Waals surface area contributed by atoms with E-state index in [4.69, 9.17) is 0 Å². The lowest BCUT2D eigenvalue weighted by molar-refractivity contribution is 0.663. The van der Waals surface area contributed by atoms with Gasteiger partial charge in [-0.25, -0.2) is 9.97 Å². The Labute approximate surface area is 101 Å². The Bertz CT molecular complexity index is 481. The molecular weight excluding hydrogens is 214 g/mol. The minimum Gasteiger partial charge on any atom is -0.373 e. The third-order valence-corrected chi connectivity index (χ3v) is 2.64. The lowest BCUT2D eigenvalue weighted by Gasteiger charge is -2.07. The van der Waals surface area contributed by atoms with E-state index in [0.717, 1.165) is 36.0 Å². The van der Waals surface area contributed by atoms with Crippen molar-refractivity contribution in [3.8, 4) is 11.5 Å². The molecule has 2 aromatic heterocycles. The number of nitrogens with one attached hydrogen (secondary N) is 1. The maximum atomic E-state index is 4.54. The van der Waals surface area contributed by atoms with Gasteiger partial charge in [0.15, 0.2) is 5.82 Å². The molecule has 2 rings (SSSR count). The van der Waals surface area contributed by atoms with Crippen LogP contribution in [0.2, 0.25) is 0 Å². The summed E-state index contributed by atoms with van der Waals surface area (Å²) < 4.78 is 1.90. The highest BCUT2D eigenvalue weighted by molar-refractivity contribution is 5.53. The van der Waals surface area contributed by atoms with Gasteiger partial charge in [0.05, 0.1) is 0 Å². The molecular formula is C12H17N5. The van der Waals surface area contributed by atoms with Gasteiger partial charge in [0, 0.05) is 31.5 Å². The summed E-state index contributed by atoms with van der Waals surface area (Å²) in [5.41, 5.74) is 1.99. The van der Waals surface area contributed by atoms with Gasteiger partial charge in [-0.1, -0.05) is 6.92 Å². The molecule has 0 amide bonds. The van der Waals surface area contributed by atoms with Crippen molar-refractivity contribution in [1.29, 1.82) is 0 Å². The average molecular weight is 231 g/mol. The van der Waals surface area contributed by atoms with Gasteiger partial charge in [-0.2, -0.15) is 5.10 Å². The van der Waals surface area contributed by atoms with Crippen LogP contribution in [0.4, 0.5) is 5.82 Å². The van der Waals surface area contributed by atoms with Gasteiger partial charge in [0.1, 0.15) is 11.5 Å². The number of aryl methyl sites for hydroxylation is 2. The number of hydrogen-bond acceptors (Lipinski definition) is 4. The second-order valence-electron chi connectivity index (χ2n) is 3.70. The van der Waals surface area contributed by atoms with Crippen LogP contribution in [0, 0.1) is 0 Å². The van der Waals surface area contributed by atoms with Gasteiger partial charge < -0.3 is 5.32 Å². The lowest BCUT2D eigenvalue weighted by Crippen LogP contribution is -2.05. The first-order chi connectivity index (χ1) is 8.28. The molecule has 17 heavy (non-hydrogen) atoms. The number of nitrogens with zero attached hydrogens (tertiary/aromatic N) is 4. The van der Waals surface area contributed by atoms with Crippen molar-refractivity contribution >= 4 is 5.82 Å². The maximum absolute atomic E-state index is 4.54. The van der Waals surface area contributed by atoms with Crippen LogP contribution < -0.4 is 5.32 Å². The smallest absolute Gasteiger partial charge is 0.180 e. The van der Waals surface area contributed by atoms with Crippen LogP contribution in [0.25, 0.3) is 11.5 Å². The topological polar surface area (TPSA) is 55.6 Å². The van der Waals surface area contributed by atoms with Gasteiger partial charge in [-0.15, -0.1) is 0 Å². The van der Waals surface area contributed by atoms with E-state index in [9.17, 15) is 0 Å². The molecule has 1 N–H and O–H groups in total. The molecule has 0 unspecified atom stereocenters. The molecule has 0 atom stereocenters. The zero-order chi connectivity index (χ0) is 12.3. The maximum Gasteiger partial charge on any atom is 0.180 e. The van der Waals surface area contributed by atoms with Crippen LogP contribution in [0.1, 0.15) is 19.5 Å². The Morgan fingerprint density at radius 2 is 2.12 bits per heavy atom. The van der Waals surface area contributed by atoms with Crippen molar-refractivity contribution in [2.24, 2.45) is 0 Å². The van der Waals surface area contributed by atoms with E-state index in [2.05, 4.69) is 34.2 Å². The highest BCUT2D eigenvalue weighted by Gasteiger charge is 2.09. The van der Waals surface area contributed by atoms with E-state index in [1.165, 1.54) is 0 Å². The van der Waals surface area contributed by atoms with Crippen molar-refractivity contribution in [3.05, 3.63) is 24.0 Å². The molecule has 0 aromatic carbocycles. The van der Waals surface area contributed by atoms with Crippen LogP contribution >= 0.6 is 0 Å². The molecule has 0 fully saturated rings. The average Bonchev–Trinajstić information content (AvgIpc) is 2.86. The van der Waals surface area contributed by atoms with Crippen LogP contribution in [0.3, 0.4) is 0 Å². The summed E-state index contributed by atoms with van der Waals surface area (Å²) >= 11 is 0. The third-order valence-electron chi connectivity index (χ3n) is 2.64. The van der Waals surface area contributed by atoms with E-state index in [0.29, 0.717) is 0 Å². The highest BCUT2D eigenvalue weighted by Crippen LogP contribution is 2.17. The van der Waals surface area contributed by atoms with Gasteiger partial charge >= 0.3 is 0 Å². The third kappa shape index (κ3) is 2.27. The molecule has 0 aliphatic carbocycles. The quantitative estimate of drug-likeness (QED) is 0.874. The summed E-state index contributed by atoms with van der Waals surface area (Å²) in [6.45, 7) is 4.96. The SMILES string of the molecule is CCc1cc(NC)nc(-c2ccnn2CC)n1. The van der Waals surface area contributed by atoms with E-state index in [1.54, 1.807) is 6.20 Å². The summed E-state index contributed by atoms with van der Waals surface area (Å²) in [5.74, 6) is 1.57. The fourth-order valence-electron chi connectivity index (χ4n) is 1.70. The van der Waals surface area contributed by atoms with Gasteiger partial charge in [0.2, 0.25) is 0 Å². The first-order valence-corrected chi connectivity index (χ1v) is 5.86. The molecule has 0 aliphatic rings. The van der Waals surface area contributed by atoms with Crippen molar-refractivity contribution < 1.29 is 0 Å². The van der Waals surface area contributed by atoms with Crippen molar-refractivity contribution in [2.45, 2.75) is 26.8 Å². The first-order valence-electron chi connectivity index (χ1n) is 5.86. The largest absolute Gasteiger partial charge is 0.373 e. The van der Waals surface area contributed by atoms with E-state index < -0.39 is 0 Å². The number of hydrogen-bond donors (Lipinski definition) is 1. The highest BCUT2D eigenvalue weighted by atomic mass is 15.3. The molecule has 5 nitrogen and oxygen atoms in total. The molecule has 0 aliphatic heterocycles. The van der Waals surface area contributed by atoms with E-state index in [-0.39, 0.29) is 0 Å². The molecule has 0 spiro atoms. The summed E-state index contributed by atoms with van der Waals surface area (Å²) in [7, 11) is 1.86. The Balaban J connectivity index is 2.51. The predicted octanol–water partition coefficient (Wildman–Crippen LogP) is 1.96. The first kappa shape index (κ1) is 11.6. The molecule has 2 heterocycles. The summed E-state index contributed by atoms with van der Waals surface area (Å²) in [4.78, 5) is 9.01. The molecule has 0 bridgehead atoms. The number of aromatic nitrogens is 4. The zero-order valence-corrected chi connectivity index (χ0v) is 10.4. The van der Waals surface area contributed by atoms with Crippen LogP contribution in [0.5, 0.6) is 0 Å². The fraction of sp³-hybridized carbons (Fsp3) is 0.417. The normalized spacial score (nSPS) is 10.5. The second-order valence-corrected chi connectivity index (χ2v) is 3.70. The Kier molecular flexibility index (Phi) is 3.37. The monoisotopic (exact) mass is 231 g/mol. The molecule has 0 saturated carbocycles. The predicted molar refractivity (Wildman–Crippen MR) is 67.9 cm³/mol. The van der Waals surface area contributed by atoms with Crippen molar-refractivity contribution in [3.63, 3.8) is 0 Å². The lowest BCUT2D eigenvalue weighted by atomic mass is 10.3. The summed E-state index contributed by atoms with van der Waals surface area (Å²) in [5, 5.41) is 7.30. The molecule has 0 radical (unpaired) electrons. The standard InChI is InChI=1S/C12H17N5/c1-4-9-8-11(13-3)16-12(15-9)10-6-7-14-17(10)5-2/h6-8H,4-5H2,1-3H3,(H,13,15,16). The molecule has 0 saturated heterocycles. The Morgan fingerprint density at radius 1 is 1.29 bits per heavy atom.